The van der Waals surface area contributed by atoms with Crippen LogP contribution >= 0.6 is 11.3 Å². The lowest BCUT2D eigenvalue weighted by atomic mass is 10.1. The molecule has 3 nitrogen and oxygen atoms in total. The van der Waals surface area contributed by atoms with Crippen molar-refractivity contribution < 1.29 is 4.21 Å². The molecular formula is C10H16N2OS2. The smallest absolute Gasteiger partial charge is 0.0479 e. The lowest BCUT2D eigenvalue weighted by Crippen LogP contribution is -2.42. The van der Waals surface area contributed by atoms with E-state index in [1.807, 2.05) is 0 Å². The molecule has 0 bridgehead atoms. The van der Waals surface area contributed by atoms with Gasteiger partial charge >= 0.3 is 0 Å². The van der Waals surface area contributed by atoms with E-state index in [1.165, 1.54) is 5.56 Å². The monoisotopic (exact) mass is 244 g/mol. The lowest BCUT2D eigenvalue weighted by Gasteiger charge is -2.33. The Kier molecular flexibility index (Phi) is 3.91. The second-order valence-electron chi connectivity index (χ2n) is 3.69. The fraction of sp³-hybridized carbons (Fsp3) is 0.600. The number of nitrogens with zero attached hydrogens (tertiary/aromatic N) is 1. The normalized spacial score (nSPS) is 21.7. The highest BCUT2D eigenvalue weighted by Gasteiger charge is 2.23. The fourth-order valence-electron chi connectivity index (χ4n) is 1.92. The summed E-state index contributed by atoms with van der Waals surface area (Å²) in [5.41, 5.74) is 7.12. The summed E-state index contributed by atoms with van der Waals surface area (Å²) in [7, 11) is -0.606. The van der Waals surface area contributed by atoms with Gasteiger partial charge < -0.3 is 5.73 Å². The van der Waals surface area contributed by atoms with Crippen LogP contribution < -0.4 is 5.73 Å². The summed E-state index contributed by atoms with van der Waals surface area (Å²) >= 11 is 1.71. The Bertz CT molecular complexity index is 316. The van der Waals surface area contributed by atoms with Crippen LogP contribution in [-0.2, 0) is 10.8 Å². The van der Waals surface area contributed by atoms with Gasteiger partial charge in [0.1, 0.15) is 0 Å². The number of rotatable bonds is 3. The van der Waals surface area contributed by atoms with E-state index in [9.17, 15) is 4.21 Å². The van der Waals surface area contributed by atoms with Crippen molar-refractivity contribution in [2.45, 2.75) is 6.04 Å². The van der Waals surface area contributed by atoms with Crippen molar-refractivity contribution in [3.8, 4) is 0 Å². The number of thiophene rings is 1. The Labute approximate surface area is 96.7 Å². The molecule has 0 radical (unpaired) electrons. The quantitative estimate of drug-likeness (QED) is 0.856. The van der Waals surface area contributed by atoms with E-state index in [0.717, 1.165) is 24.6 Å². The molecular weight excluding hydrogens is 228 g/mol. The first kappa shape index (κ1) is 11.3. The molecule has 5 heteroatoms. The molecule has 1 atom stereocenters. The van der Waals surface area contributed by atoms with Gasteiger partial charge in [-0.2, -0.15) is 11.3 Å². The molecule has 2 N–H and O–H groups in total. The molecule has 1 unspecified atom stereocenters. The summed E-state index contributed by atoms with van der Waals surface area (Å²) in [5.74, 6) is 1.58. The topological polar surface area (TPSA) is 46.3 Å². The summed E-state index contributed by atoms with van der Waals surface area (Å²) in [5, 5.41) is 4.24. The zero-order valence-electron chi connectivity index (χ0n) is 8.59. The van der Waals surface area contributed by atoms with E-state index in [4.69, 9.17) is 5.73 Å². The van der Waals surface area contributed by atoms with Gasteiger partial charge in [0.05, 0.1) is 0 Å². The Morgan fingerprint density at radius 2 is 2.27 bits per heavy atom. The van der Waals surface area contributed by atoms with Crippen LogP contribution in [0.1, 0.15) is 11.6 Å². The van der Waals surface area contributed by atoms with Crippen LogP contribution in [0.25, 0.3) is 0 Å². The van der Waals surface area contributed by atoms with Gasteiger partial charge in [0.15, 0.2) is 0 Å². The van der Waals surface area contributed by atoms with E-state index in [2.05, 4.69) is 21.7 Å². The Hall–Kier alpha value is -0.230. The van der Waals surface area contributed by atoms with Crippen molar-refractivity contribution in [3.63, 3.8) is 0 Å². The average Bonchev–Trinajstić information content (AvgIpc) is 2.75. The third-order valence-electron chi connectivity index (χ3n) is 2.80. The van der Waals surface area contributed by atoms with Crippen LogP contribution in [0.2, 0.25) is 0 Å². The van der Waals surface area contributed by atoms with Crippen LogP contribution in [-0.4, -0.2) is 40.2 Å². The summed E-state index contributed by atoms with van der Waals surface area (Å²) in [6.45, 7) is 2.46. The molecule has 84 valence electrons. The van der Waals surface area contributed by atoms with Crippen LogP contribution in [0.5, 0.6) is 0 Å². The molecule has 2 rings (SSSR count). The molecule has 1 aromatic rings. The van der Waals surface area contributed by atoms with E-state index in [1.54, 1.807) is 11.3 Å². The Morgan fingerprint density at radius 3 is 2.80 bits per heavy atom. The van der Waals surface area contributed by atoms with Gasteiger partial charge in [-0.25, -0.2) is 0 Å². The fourth-order valence-corrected chi connectivity index (χ4v) is 3.71. The number of nitrogens with two attached hydrogens (primary N) is 1. The van der Waals surface area contributed by atoms with Gasteiger partial charge in [-0.3, -0.25) is 9.11 Å². The van der Waals surface area contributed by atoms with Gasteiger partial charge in [0.25, 0.3) is 0 Å². The zero-order chi connectivity index (χ0) is 10.7. The molecule has 2 heterocycles. The van der Waals surface area contributed by atoms with E-state index in [0.29, 0.717) is 12.6 Å². The van der Waals surface area contributed by atoms with Crippen molar-refractivity contribution in [2.24, 2.45) is 5.73 Å². The van der Waals surface area contributed by atoms with Gasteiger partial charge in [-0.05, 0) is 22.4 Å². The second-order valence-corrected chi connectivity index (χ2v) is 6.17. The predicted molar refractivity (Wildman–Crippen MR) is 65.6 cm³/mol. The molecule has 0 amide bonds. The molecule has 0 saturated carbocycles. The minimum absolute atomic E-state index is 0.313. The maximum absolute atomic E-state index is 11.3. The zero-order valence-corrected chi connectivity index (χ0v) is 10.2. The highest BCUT2D eigenvalue weighted by Crippen LogP contribution is 2.23. The van der Waals surface area contributed by atoms with Crippen LogP contribution in [0, 0.1) is 0 Å². The molecule has 15 heavy (non-hydrogen) atoms. The number of hydrogen-bond donors (Lipinski definition) is 1. The molecule has 1 saturated heterocycles. The van der Waals surface area contributed by atoms with E-state index >= 15 is 0 Å². The molecule has 0 aromatic carbocycles. The van der Waals surface area contributed by atoms with Crippen LogP contribution in [0.4, 0.5) is 0 Å². The highest BCUT2D eigenvalue weighted by atomic mass is 32.2. The van der Waals surface area contributed by atoms with E-state index in [-0.39, 0.29) is 0 Å². The van der Waals surface area contributed by atoms with Crippen molar-refractivity contribution in [2.75, 3.05) is 31.1 Å². The first-order chi connectivity index (χ1) is 7.31. The maximum Gasteiger partial charge on any atom is 0.0479 e. The molecule has 0 aliphatic carbocycles. The summed E-state index contributed by atoms with van der Waals surface area (Å²) < 4.78 is 11.3. The first-order valence-corrected chi connectivity index (χ1v) is 7.55. The third kappa shape index (κ3) is 2.66. The molecule has 1 aliphatic rings. The summed E-state index contributed by atoms with van der Waals surface area (Å²) in [6.07, 6.45) is 0. The van der Waals surface area contributed by atoms with Gasteiger partial charge in [0, 0.05) is 48.0 Å². The summed E-state index contributed by atoms with van der Waals surface area (Å²) in [6, 6.07) is 2.45. The molecule has 1 aliphatic heterocycles. The van der Waals surface area contributed by atoms with Crippen molar-refractivity contribution in [1.29, 1.82) is 0 Å². The van der Waals surface area contributed by atoms with Crippen molar-refractivity contribution in [3.05, 3.63) is 22.4 Å². The molecule has 1 fully saturated rings. The maximum atomic E-state index is 11.3. The summed E-state index contributed by atoms with van der Waals surface area (Å²) in [4.78, 5) is 2.35. The Morgan fingerprint density at radius 1 is 1.53 bits per heavy atom. The largest absolute Gasteiger partial charge is 0.329 e. The third-order valence-corrected chi connectivity index (χ3v) is 4.78. The SMILES string of the molecule is NCC(c1ccsc1)N1CCS(=O)CC1. The standard InChI is InChI=1S/C10H16N2OS2/c11-7-10(9-1-4-14-8-9)12-2-5-15(13)6-3-12/h1,4,8,10H,2-3,5-7,11H2. The predicted octanol–water partition coefficient (Wildman–Crippen LogP) is 0.812. The van der Waals surface area contributed by atoms with Crippen molar-refractivity contribution in [1.82, 2.24) is 4.90 Å². The van der Waals surface area contributed by atoms with Gasteiger partial charge in [-0.1, -0.05) is 0 Å². The minimum atomic E-state index is -0.606. The second kappa shape index (κ2) is 5.21. The lowest BCUT2D eigenvalue weighted by molar-refractivity contribution is 0.221. The number of hydrogen-bond acceptors (Lipinski definition) is 4. The highest BCUT2D eigenvalue weighted by molar-refractivity contribution is 7.85. The average molecular weight is 244 g/mol. The first-order valence-electron chi connectivity index (χ1n) is 5.12. The van der Waals surface area contributed by atoms with Gasteiger partial charge in [0.2, 0.25) is 0 Å². The van der Waals surface area contributed by atoms with E-state index < -0.39 is 10.8 Å². The van der Waals surface area contributed by atoms with Crippen LogP contribution in [0.3, 0.4) is 0 Å². The molecule has 0 spiro atoms. The van der Waals surface area contributed by atoms with Gasteiger partial charge in [-0.15, -0.1) is 0 Å². The van der Waals surface area contributed by atoms with Crippen LogP contribution in [0.15, 0.2) is 16.8 Å². The minimum Gasteiger partial charge on any atom is -0.329 e. The van der Waals surface area contributed by atoms with Crippen molar-refractivity contribution >= 4 is 22.1 Å². The molecule has 1 aromatic heterocycles. The Balaban J connectivity index is 2.04.